The first-order chi connectivity index (χ1) is 13.8. The molecule has 6 rings (SSSR count). The second-order valence-electron chi connectivity index (χ2n) is 9.52. The highest BCUT2D eigenvalue weighted by molar-refractivity contribution is 7.17. The monoisotopic (exact) mass is 418 g/mol. The Kier molecular flexibility index (Phi) is 4.30. The number of ether oxygens (including phenoxy) is 1. The van der Waals surface area contributed by atoms with Crippen molar-refractivity contribution < 1.29 is 24.2 Å². The zero-order valence-electron chi connectivity index (χ0n) is 16.3. The van der Waals surface area contributed by atoms with E-state index in [4.69, 9.17) is 10.5 Å². The maximum Gasteiger partial charge on any atom is 0.312 e. The molecule has 4 bridgehead atoms. The molecule has 7 nitrogen and oxygen atoms in total. The average Bonchev–Trinajstić information content (AvgIpc) is 3.17. The van der Waals surface area contributed by atoms with Crippen LogP contribution in [0.4, 0.5) is 5.00 Å². The van der Waals surface area contributed by atoms with Crippen LogP contribution < -0.4 is 11.1 Å². The quantitative estimate of drug-likeness (QED) is 0.633. The van der Waals surface area contributed by atoms with Gasteiger partial charge < -0.3 is 20.9 Å². The molecule has 4 fully saturated rings. The fourth-order valence-electron chi connectivity index (χ4n) is 6.65. The molecule has 1 heterocycles. The third-order valence-electron chi connectivity index (χ3n) is 7.22. The largest absolute Gasteiger partial charge is 0.455 e. The second kappa shape index (κ2) is 6.54. The van der Waals surface area contributed by atoms with Gasteiger partial charge in [0.15, 0.2) is 6.61 Å². The number of fused-ring (bicyclic) bond motifs is 1. The van der Waals surface area contributed by atoms with Crippen LogP contribution in [0.15, 0.2) is 0 Å². The van der Waals surface area contributed by atoms with E-state index in [1.54, 1.807) is 0 Å². The first kappa shape index (κ1) is 19.1. The van der Waals surface area contributed by atoms with Crippen LogP contribution in [0.2, 0.25) is 0 Å². The van der Waals surface area contributed by atoms with Crippen LogP contribution in [0.1, 0.15) is 65.7 Å². The van der Waals surface area contributed by atoms with E-state index in [0.29, 0.717) is 28.8 Å². The number of nitrogens with two attached hydrogens (primary N) is 1. The molecular formula is C21H26N2O5S. The van der Waals surface area contributed by atoms with Crippen molar-refractivity contribution in [3.8, 4) is 0 Å². The van der Waals surface area contributed by atoms with E-state index in [-0.39, 0.29) is 5.97 Å². The molecule has 0 aliphatic heterocycles. The van der Waals surface area contributed by atoms with Crippen LogP contribution in [0.3, 0.4) is 0 Å². The SMILES string of the molecule is NC(=O)c1c(NC(=O)COC(=O)C23CC4CC(CC(O)(C4)C2)C3)sc2c1CCC2. The highest BCUT2D eigenvalue weighted by Gasteiger charge is 2.60. The predicted octanol–water partition coefficient (Wildman–Crippen LogP) is 2.15. The Morgan fingerprint density at radius 1 is 1.17 bits per heavy atom. The van der Waals surface area contributed by atoms with Gasteiger partial charge in [0.25, 0.3) is 11.8 Å². The first-order valence-corrected chi connectivity index (χ1v) is 11.2. The molecule has 0 spiro atoms. The summed E-state index contributed by atoms with van der Waals surface area (Å²) in [5, 5.41) is 14.0. The molecule has 1 aromatic heterocycles. The molecule has 0 saturated heterocycles. The van der Waals surface area contributed by atoms with Crippen LogP contribution in [-0.4, -0.2) is 35.1 Å². The van der Waals surface area contributed by atoms with Crippen molar-refractivity contribution in [1.82, 2.24) is 0 Å². The zero-order chi connectivity index (χ0) is 20.4. The molecule has 0 aromatic carbocycles. The van der Waals surface area contributed by atoms with E-state index < -0.39 is 29.4 Å². The summed E-state index contributed by atoms with van der Waals surface area (Å²) in [6, 6.07) is 0. The summed E-state index contributed by atoms with van der Waals surface area (Å²) >= 11 is 1.38. The minimum atomic E-state index is -0.751. The Hall–Kier alpha value is -1.93. The summed E-state index contributed by atoms with van der Waals surface area (Å²) in [5.74, 6) is -0.643. The summed E-state index contributed by atoms with van der Waals surface area (Å²) in [4.78, 5) is 38.3. The number of esters is 1. The molecule has 5 aliphatic carbocycles. The van der Waals surface area contributed by atoms with Gasteiger partial charge in [0.05, 0.1) is 16.6 Å². The third kappa shape index (κ3) is 3.17. The standard InChI is InChI=1S/C21H26N2O5S/c22-17(25)16-13-2-1-3-14(13)29-18(16)23-15(24)9-28-19(26)20-5-11-4-12(6-20)8-21(27,7-11)10-20/h11-12,27H,1-10H2,(H2,22,25)(H,23,24). The lowest BCUT2D eigenvalue weighted by atomic mass is 9.48. The van der Waals surface area contributed by atoms with Crippen molar-refractivity contribution in [3.63, 3.8) is 0 Å². The van der Waals surface area contributed by atoms with Gasteiger partial charge in [0.2, 0.25) is 0 Å². The van der Waals surface area contributed by atoms with Crippen molar-refractivity contribution in [2.24, 2.45) is 23.0 Å². The number of carbonyl (C=O) groups is 3. The molecule has 29 heavy (non-hydrogen) atoms. The van der Waals surface area contributed by atoms with Crippen LogP contribution >= 0.6 is 11.3 Å². The Balaban J connectivity index is 1.24. The van der Waals surface area contributed by atoms with E-state index in [1.807, 2.05) is 0 Å². The lowest BCUT2D eigenvalue weighted by molar-refractivity contribution is -0.196. The molecule has 2 amide bonds. The smallest absolute Gasteiger partial charge is 0.312 e. The van der Waals surface area contributed by atoms with Gasteiger partial charge in [-0.3, -0.25) is 14.4 Å². The number of thiophene rings is 1. The van der Waals surface area contributed by atoms with Gasteiger partial charge in [-0.15, -0.1) is 11.3 Å². The third-order valence-corrected chi connectivity index (χ3v) is 8.43. The molecular weight excluding hydrogens is 392 g/mol. The van der Waals surface area contributed by atoms with Gasteiger partial charge in [-0.25, -0.2) is 0 Å². The topological polar surface area (TPSA) is 119 Å². The second-order valence-corrected chi connectivity index (χ2v) is 10.6. The lowest BCUT2D eigenvalue weighted by Gasteiger charge is -2.58. The minimum absolute atomic E-state index is 0.370. The van der Waals surface area contributed by atoms with Gasteiger partial charge in [0.1, 0.15) is 5.00 Å². The van der Waals surface area contributed by atoms with E-state index in [0.717, 1.165) is 61.8 Å². The number of anilines is 1. The molecule has 2 unspecified atom stereocenters. The number of aryl methyl sites for hydroxylation is 1. The molecule has 0 radical (unpaired) electrons. The van der Waals surface area contributed by atoms with Gasteiger partial charge in [0, 0.05) is 4.88 Å². The summed E-state index contributed by atoms with van der Waals surface area (Å²) in [5.41, 5.74) is 5.45. The normalized spacial score (nSPS) is 34.1. The molecule has 5 aliphatic rings. The minimum Gasteiger partial charge on any atom is -0.455 e. The predicted molar refractivity (Wildman–Crippen MR) is 107 cm³/mol. The van der Waals surface area contributed by atoms with E-state index in [9.17, 15) is 19.5 Å². The Labute approximate surface area is 173 Å². The molecule has 4 N–H and O–H groups in total. The van der Waals surface area contributed by atoms with Gasteiger partial charge in [-0.05, 0) is 75.2 Å². The Bertz CT molecular complexity index is 893. The van der Waals surface area contributed by atoms with Crippen LogP contribution in [-0.2, 0) is 27.2 Å². The van der Waals surface area contributed by atoms with E-state index in [2.05, 4.69) is 5.32 Å². The Morgan fingerprint density at radius 2 is 1.90 bits per heavy atom. The number of carbonyl (C=O) groups excluding carboxylic acids is 3. The number of aliphatic hydroxyl groups is 1. The summed E-state index contributed by atoms with van der Waals surface area (Å²) in [6.07, 6.45) is 7.24. The molecule has 8 heteroatoms. The average molecular weight is 419 g/mol. The maximum absolute atomic E-state index is 12.9. The van der Waals surface area contributed by atoms with Crippen LogP contribution in [0.25, 0.3) is 0 Å². The number of hydrogen-bond acceptors (Lipinski definition) is 6. The van der Waals surface area contributed by atoms with Gasteiger partial charge >= 0.3 is 5.97 Å². The first-order valence-electron chi connectivity index (χ1n) is 10.4. The number of nitrogens with one attached hydrogen (secondary N) is 1. The molecule has 156 valence electrons. The maximum atomic E-state index is 12.9. The summed E-state index contributed by atoms with van der Waals surface area (Å²) in [7, 11) is 0. The van der Waals surface area contributed by atoms with Gasteiger partial charge in [-0.2, -0.15) is 0 Å². The summed E-state index contributed by atoms with van der Waals surface area (Å²) < 4.78 is 5.41. The number of primary amides is 1. The summed E-state index contributed by atoms with van der Waals surface area (Å²) in [6.45, 7) is -0.394. The van der Waals surface area contributed by atoms with Crippen LogP contribution in [0, 0.1) is 17.3 Å². The van der Waals surface area contributed by atoms with Gasteiger partial charge in [-0.1, -0.05) is 0 Å². The number of rotatable bonds is 5. The van der Waals surface area contributed by atoms with Crippen molar-refractivity contribution >= 4 is 34.1 Å². The molecule has 2 atom stereocenters. The number of hydrogen-bond donors (Lipinski definition) is 3. The van der Waals surface area contributed by atoms with Crippen molar-refractivity contribution in [3.05, 3.63) is 16.0 Å². The highest BCUT2D eigenvalue weighted by Crippen LogP contribution is 2.62. The van der Waals surface area contributed by atoms with Crippen molar-refractivity contribution in [2.75, 3.05) is 11.9 Å². The fraction of sp³-hybridized carbons (Fsp3) is 0.667. The zero-order valence-corrected chi connectivity index (χ0v) is 17.1. The Morgan fingerprint density at radius 3 is 2.55 bits per heavy atom. The fourth-order valence-corrected chi connectivity index (χ4v) is 7.96. The van der Waals surface area contributed by atoms with Crippen LogP contribution in [0.5, 0.6) is 0 Å². The van der Waals surface area contributed by atoms with Crippen molar-refractivity contribution in [1.29, 1.82) is 0 Å². The highest BCUT2D eigenvalue weighted by atomic mass is 32.1. The van der Waals surface area contributed by atoms with E-state index in [1.165, 1.54) is 11.3 Å². The van der Waals surface area contributed by atoms with E-state index >= 15 is 0 Å². The molecule has 1 aromatic rings. The lowest BCUT2D eigenvalue weighted by Crippen LogP contribution is -2.58. The number of amides is 2. The molecule has 4 saturated carbocycles. The van der Waals surface area contributed by atoms with Crippen molar-refractivity contribution in [2.45, 2.75) is 63.4 Å².